The van der Waals surface area contributed by atoms with Gasteiger partial charge < -0.3 is 24.7 Å². The fourth-order valence-electron chi connectivity index (χ4n) is 5.60. The molecule has 0 aromatic heterocycles. The number of hydrogen-bond donors (Lipinski definition) is 2. The topological polar surface area (TPSA) is 107 Å². The van der Waals surface area contributed by atoms with E-state index in [-0.39, 0.29) is 19.1 Å². The molecular formula is C21H32N2O6. The molecule has 3 saturated heterocycles. The lowest BCUT2D eigenvalue weighted by Crippen LogP contribution is -2.56. The van der Waals surface area contributed by atoms with Gasteiger partial charge in [0.1, 0.15) is 11.6 Å². The van der Waals surface area contributed by atoms with E-state index in [4.69, 9.17) is 4.74 Å². The molecule has 2 unspecified atom stereocenters. The van der Waals surface area contributed by atoms with Gasteiger partial charge in [-0.15, -0.1) is 6.58 Å². The van der Waals surface area contributed by atoms with Crippen LogP contribution in [0.1, 0.15) is 46.0 Å². The van der Waals surface area contributed by atoms with Crippen LogP contribution in [0.5, 0.6) is 0 Å². The molecule has 3 rings (SSSR count). The molecule has 162 valence electrons. The van der Waals surface area contributed by atoms with E-state index in [0.717, 1.165) is 19.3 Å². The molecule has 0 aromatic rings. The minimum atomic E-state index is -1.15. The average Bonchev–Trinajstić information content (AvgIpc) is 3.22. The number of aliphatic carboxylic acids is 1. The lowest BCUT2D eigenvalue weighted by Gasteiger charge is -2.36. The Morgan fingerprint density at radius 1 is 1.38 bits per heavy atom. The molecule has 3 fully saturated rings. The largest absolute Gasteiger partial charge is 0.481 e. The monoisotopic (exact) mass is 408 g/mol. The van der Waals surface area contributed by atoms with Gasteiger partial charge in [0.15, 0.2) is 0 Å². The van der Waals surface area contributed by atoms with Crippen molar-refractivity contribution in [2.45, 2.75) is 63.2 Å². The Bertz CT molecular complexity index is 697. The second-order valence-corrected chi connectivity index (χ2v) is 8.60. The van der Waals surface area contributed by atoms with Gasteiger partial charge >= 0.3 is 5.97 Å². The number of nitrogens with zero attached hydrogens (tertiary/aromatic N) is 2. The van der Waals surface area contributed by atoms with E-state index in [0.29, 0.717) is 25.9 Å². The molecule has 0 aromatic carbocycles. The molecule has 2 N–H and O–H groups in total. The quantitative estimate of drug-likeness (QED) is 0.413. The van der Waals surface area contributed by atoms with Gasteiger partial charge in [-0.1, -0.05) is 25.8 Å². The molecule has 0 radical (unpaired) electrons. The Balaban J connectivity index is 1.99. The average molecular weight is 408 g/mol. The second kappa shape index (κ2) is 8.07. The standard InChI is InChI=1S/C21H32N2O6/c1-4-6-7-11-22(10-5-2)18(26)16-21-9-8-20(3,29-21)15(19(27)28)14(21)17(25)23(16)12-13-24/h5,14-16,24H,2,4,6-13H2,1,3H3,(H,27,28)/t14-,15-,16?,20+,21?/m0/s1. The molecule has 0 saturated carbocycles. The van der Waals surface area contributed by atoms with E-state index in [2.05, 4.69) is 13.5 Å². The maximum atomic E-state index is 13.6. The smallest absolute Gasteiger partial charge is 0.310 e. The van der Waals surface area contributed by atoms with Crippen LogP contribution in [0.15, 0.2) is 12.7 Å². The summed E-state index contributed by atoms with van der Waals surface area (Å²) in [5, 5.41) is 19.4. The van der Waals surface area contributed by atoms with Gasteiger partial charge in [0.25, 0.3) is 0 Å². The fourth-order valence-corrected chi connectivity index (χ4v) is 5.60. The molecule has 1 spiro atoms. The molecule has 2 amide bonds. The molecule has 3 aliphatic rings. The normalized spacial score (nSPS) is 35.1. The first-order valence-electron chi connectivity index (χ1n) is 10.5. The highest BCUT2D eigenvalue weighted by Gasteiger charge is 2.78. The van der Waals surface area contributed by atoms with Crippen LogP contribution in [0.25, 0.3) is 0 Å². The minimum Gasteiger partial charge on any atom is -0.481 e. The van der Waals surface area contributed by atoms with Crippen molar-refractivity contribution in [3.8, 4) is 0 Å². The highest BCUT2D eigenvalue weighted by molar-refractivity contribution is 5.98. The van der Waals surface area contributed by atoms with Crippen LogP contribution in [0.3, 0.4) is 0 Å². The van der Waals surface area contributed by atoms with Crippen LogP contribution in [0.2, 0.25) is 0 Å². The molecule has 8 nitrogen and oxygen atoms in total. The first-order valence-corrected chi connectivity index (χ1v) is 10.5. The van der Waals surface area contributed by atoms with Gasteiger partial charge in [-0.2, -0.15) is 0 Å². The summed E-state index contributed by atoms with van der Waals surface area (Å²) in [6.45, 7) is 8.12. The molecule has 8 heteroatoms. The summed E-state index contributed by atoms with van der Waals surface area (Å²) < 4.78 is 6.28. The molecule has 29 heavy (non-hydrogen) atoms. The van der Waals surface area contributed by atoms with Crippen LogP contribution < -0.4 is 0 Å². The number of carbonyl (C=O) groups is 3. The van der Waals surface area contributed by atoms with Crippen LogP contribution in [-0.4, -0.2) is 81.3 Å². The zero-order valence-electron chi connectivity index (χ0n) is 17.3. The Morgan fingerprint density at radius 2 is 2.10 bits per heavy atom. The van der Waals surface area contributed by atoms with Crippen molar-refractivity contribution < 1.29 is 29.3 Å². The number of fused-ring (bicyclic) bond motifs is 1. The van der Waals surface area contributed by atoms with Crippen molar-refractivity contribution in [3.63, 3.8) is 0 Å². The summed E-state index contributed by atoms with van der Waals surface area (Å²) >= 11 is 0. The van der Waals surface area contributed by atoms with Gasteiger partial charge in [0.05, 0.1) is 24.0 Å². The van der Waals surface area contributed by atoms with Crippen molar-refractivity contribution in [1.82, 2.24) is 9.80 Å². The number of amides is 2. The Morgan fingerprint density at radius 3 is 2.69 bits per heavy atom. The number of ether oxygens (including phenoxy) is 1. The Hall–Kier alpha value is -1.93. The summed E-state index contributed by atoms with van der Waals surface area (Å²) in [7, 11) is 0. The number of rotatable bonds is 10. The van der Waals surface area contributed by atoms with Crippen molar-refractivity contribution in [3.05, 3.63) is 12.7 Å². The molecular weight excluding hydrogens is 376 g/mol. The zero-order chi connectivity index (χ0) is 21.4. The number of unbranched alkanes of at least 4 members (excludes halogenated alkanes) is 2. The van der Waals surface area contributed by atoms with Gasteiger partial charge in [-0.3, -0.25) is 14.4 Å². The number of hydrogen-bond acceptors (Lipinski definition) is 5. The maximum absolute atomic E-state index is 13.6. The number of carboxylic acids is 1. The maximum Gasteiger partial charge on any atom is 0.310 e. The molecule has 3 heterocycles. The molecule has 3 aliphatic heterocycles. The molecule has 2 bridgehead atoms. The van der Waals surface area contributed by atoms with Crippen LogP contribution >= 0.6 is 0 Å². The Kier molecular flexibility index (Phi) is 6.06. The third-order valence-corrected chi connectivity index (χ3v) is 6.81. The SMILES string of the molecule is C=CCN(CCCCC)C(=O)C1N(CCO)C(=O)[C@@H]2[C@@H](C(=O)O)[C@@]3(C)CCC12O3. The van der Waals surface area contributed by atoms with Crippen molar-refractivity contribution in [2.75, 3.05) is 26.2 Å². The highest BCUT2D eigenvalue weighted by Crippen LogP contribution is 2.63. The summed E-state index contributed by atoms with van der Waals surface area (Å²) in [6, 6.07) is -0.917. The first kappa shape index (κ1) is 21.8. The van der Waals surface area contributed by atoms with Gasteiger partial charge in [0, 0.05) is 19.6 Å². The lowest BCUT2D eigenvalue weighted by molar-refractivity contribution is -0.156. The van der Waals surface area contributed by atoms with E-state index < -0.39 is 41.0 Å². The number of carboxylic acid groups (broad SMARTS) is 1. The predicted molar refractivity (Wildman–Crippen MR) is 105 cm³/mol. The summed E-state index contributed by atoms with van der Waals surface area (Å²) in [5.74, 6) is -3.62. The van der Waals surface area contributed by atoms with Gasteiger partial charge in [-0.25, -0.2) is 0 Å². The first-order chi connectivity index (χ1) is 13.8. The summed E-state index contributed by atoms with van der Waals surface area (Å²) in [5.41, 5.74) is -2.10. The van der Waals surface area contributed by atoms with E-state index in [1.165, 1.54) is 4.90 Å². The number of aliphatic hydroxyl groups is 1. The van der Waals surface area contributed by atoms with Gasteiger partial charge in [-0.05, 0) is 26.2 Å². The van der Waals surface area contributed by atoms with E-state index in [9.17, 15) is 24.6 Å². The number of carbonyl (C=O) groups excluding carboxylic acids is 2. The third-order valence-electron chi connectivity index (χ3n) is 6.81. The lowest BCUT2D eigenvalue weighted by atomic mass is 9.66. The Labute approximate surface area is 171 Å². The van der Waals surface area contributed by atoms with Crippen LogP contribution in [-0.2, 0) is 19.1 Å². The van der Waals surface area contributed by atoms with E-state index in [1.54, 1.807) is 17.9 Å². The second-order valence-electron chi connectivity index (χ2n) is 8.60. The fraction of sp³-hybridized carbons (Fsp3) is 0.762. The van der Waals surface area contributed by atoms with E-state index in [1.807, 2.05) is 0 Å². The van der Waals surface area contributed by atoms with Crippen LogP contribution in [0, 0.1) is 11.8 Å². The third kappa shape index (κ3) is 3.26. The zero-order valence-corrected chi connectivity index (χ0v) is 17.3. The van der Waals surface area contributed by atoms with E-state index >= 15 is 0 Å². The van der Waals surface area contributed by atoms with Crippen molar-refractivity contribution in [1.29, 1.82) is 0 Å². The van der Waals surface area contributed by atoms with Crippen molar-refractivity contribution in [2.24, 2.45) is 11.8 Å². The van der Waals surface area contributed by atoms with Crippen LogP contribution in [0.4, 0.5) is 0 Å². The number of β-amino-alcohol motifs (C(OH)–C–C–N with tert-alkyl or cyclic N) is 1. The number of likely N-dealkylation sites (tertiary alicyclic amines) is 1. The van der Waals surface area contributed by atoms with Crippen molar-refractivity contribution >= 4 is 17.8 Å². The summed E-state index contributed by atoms with van der Waals surface area (Å²) in [6.07, 6.45) is 5.43. The van der Waals surface area contributed by atoms with Gasteiger partial charge in [0.2, 0.25) is 11.8 Å². The molecule has 0 aliphatic carbocycles. The summed E-state index contributed by atoms with van der Waals surface area (Å²) in [4.78, 5) is 41.9. The minimum absolute atomic E-state index is 0.0171. The predicted octanol–water partition coefficient (Wildman–Crippen LogP) is 1.03. The molecule has 5 atom stereocenters. The highest BCUT2D eigenvalue weighted by atomic mass is 16.5. The number of aliphatic hydroxyl groups excluding tert-OH is 1.